The van der Waals surface area contributed by atoms with Crippen molar-refractivity contribution in [2.75, 3.05) is 13.2 Å². The molecule has 6 nitrogen and oxygen atoms in total. The Hall–Kier alpha value is -1.27. The molecular weight excluding hydrogens is 224 g/mol. The van der Waals surface area contributed by atoms with Crippen LogP contribution in [0.15, 0.2) is 4.79 Å². The summed E-state index contributed by atoms with van der Waals surface area (Å²) >= 11 is 0. The van der Waals surface area contributed by atoms with E-state index < -0.39 is 11.5 Å². The van der Waals surface area contributed by atoms with Crippen molar-refractivity contribution < 1.29 is 14.6 Å². The lowest BCUT2D eigenvalue weighted by Gasteiger charge is -2.00. The van der Waals surface area contributed by atoms with Crippen molar-refractivity contribution in [2.24, 2.45) is 0 Å². The molecule has 1 aromatic rings. The maximum absolute atomic E-state index is 11.3. The number of aromatic nitrogens is 2. The fourth-order valence-corrected chi connectivity index (χ4v) is 1.11. The predicted octanol–water partition coefficient (Wildman–Crippen LogP) is -0.164. The standard InChI is InChI=1S/C8H12N2O4.ClH/c1-2-14-8(13)6-5(3-4-11)7(12)10-9-6;/h11H,2-4H2,1H3,(H2,9,10,12);1H. The van der Waals surface area contributed by atoms with Gasteiger partial charge in [-0.2, -0.15) is 0 Å². The van der Waals surface area contributed by atoms with Gasteiger partial charge < -0.3 is 9.84 Å². The maximum Gasteiger partial charge on any atom is 0.356 e. The van der Waals surface area contributed by atoms with Crippen LogP contribution in [0, 0.1) is 0 Å². The van der Waals surface area contributed by atoms with Crippen LogP contribution in [0.5, 0.6) is 0 Å². The number of nitrogens with one attached hydrogen (secondary N) is 2. The Morgan fingerprint density at radius 1 is 1.47 bits per heavy atom. The van der Waals surface area contributed by atoms with Crippen LogP contribution < -0.4 is 5.56 Å². The summed E-state index contributed by atoms with van der Waals surface area (Å²) in [5, 5.41) is 13.4. The van der Waals surface area contributed by atoms with Crippen LogP contribution in [0.2, 0.25) is 0 Å². The highest BCUT2D eigenvalue weighted by Gasteiger charge is 2.17. The summed E-state index contributed by atoms with van der Waals surface area (Å²) in [6, 6.07) is 0. The van der Waals surface area contributed by atoms with Crippen molar-refractivity contribution in [3.8, 4) is 0 Å². The molecule has 7 heteroatoms. The first kappa shape index (κ1) is 13.7. The van der Waals surface area contributed by atoms with Crippen LogP contribution in [0.1, 0.15) is 23.0 Å². The summed E-state index contributed by atoms with van der Waals surface area (Å²) in [4.78, 5) is 22.4. The highest BCUT2D eigenvalue weighted by Crippen LogP contribution is 2.02. The van der Waals surface area contributed by atoms with Gasteiger partial charge in [0.2, 0.25) is 0 Å². The van der Waals surface area contributed by atoms with Crippen molar-refractivity contribution in [3.63, 3.8) is 0 Å². The Bertz CT molecular complexity index is 371. The smallest absolute Gasteiger partial charge is 0.356 e. The molecule has 0 aliphatic heterocycles. The molecule has 0 spiro atoms. The molecule has 0 unspecified atom stereocenters. The average molecular weight is 237 g/mol. The number of aliphatic hydroxyl groups excluding tert-OH is 1. The second kappa shape index (κ2) is 6.26. The summed E-state index contributed by atoms with van der Waals surface area (Å²) in [5.41, 5.74) is -0.0843. The number of carbonyl (C=O) groups excluding carboxylic acids is 1. The molecule has 86 valence electrons. The van der Waals surface area contributed by atoms with Crippen molar-refractivity contribution in [2.45, 2.75) is 13.3 Å². The van der Waals surface area contributed by atoms with E-state index >= 15 is 0 Å². The predicted molar refractivity (Wildman–Crippen MR) is 55.4 cm³/mol. The van der Waals surface area contributed by atoms with E-state index in [0.717, 1.165) is 0 Å². The lowest BCUT2D eigenvalue weighted by molar-refractivity contribution is 0.0518. The maximum atomic E-state index is 11.3. The molecular formula is C8H13ClN2O4. The van der Waals surface area contributed by atoms with Gasteiger partial charge >= 0.3 is 5.97 Å². The zero-order chi connectivity index (χ0) is 10.6. The van der Waals surface area contributed by atoms with Gasteiger partial charge in [-0.25, -0.2) is 4.79 Å². The summed E-state index contributed by atoms with van der Waals surface area (Å²) in [5.74, 6) is -0.589. The number of ether oxygens (including phenoxy) is 1. The molecule has 0 atom stereocenters. The van der Waals surface area contributed by atoms with Gasteiger partial charge in [-0.1, -0.05) is 0 Å². The van der Waals surface area contributed by atoms with Gasteiger partial charge in [0.25, 0.3) is 5.56 Å². The fourth-order valence-electron chi connectivity index (χ4n) is 1.11. The third kappa shape index (κ3) is 3.10. The van der Waals surface area contributed by atoms with Crippen LogP contribution in [0.25, 0.3) is 0 Å². The monoisotopic (exact) mass is 236 g/mol. The van der Waals surface area contributed by atoms with E-state index in [4.69, 9.17) is 9.84 Å². The van der Waals surface area contributed by atoms with E-state index in [9.17, 15) is 9.59 Å². The lowest BCUT2D eigenvalue weighted by atomic mass is 10.2. The molecule has 0 aromatic carbocycles. The van der Waals surface area contributed by atoms with E-state index in [0.29, 0.717) is 0 Å². The minimum absolute atomic E-state index is 0. The Morgan fingerprint density at radius 3 is 2.67 bits per heavy atom. The minimum Gasteiger partial charge on any atom is -0.461 e. The molecule has 0 saturated carbocycles. The van der Waals surface area contributed by atoms with E-state index in [1.165, 1.54) is 0 Å². The van der Waals surface area contributed by atoms with Gasteiger partial charge in [0.15, 0.2) is 0 Å². The van der Waals surface area contributed by atoms with Gasteiger partial charge in [-0.3, -0.25) is 15.0 Å². The zero-order valence-electron chi connectivity index (χ0n) is 8.20. The first-order chi connectivity index (χ1) is 6.70. The molecule has 1 aromatic heterocycles. The van der Waals surface area contributed by atoms with Crippen LogP contribution in [0.4, 0.5) is 0 Å². The first-order valence-corrected chi connectivity index (χ1v) is 4.28. The quantitative estimate of drug-likeness (QED) is 0.633. The van der Waals surface area contributed by atoms with Crippen LogP contribution in [-0.4, -0.2) is 34.5 Å². The second-order valence-electron chi connectivity index (χ2n) is 2.63. The summed E-state index contributed by atoms with van der Waals surface area (Å²) in [6.07, 6.45) is 0.132. The molecule has 1 rings (SSSR count). The Labute approximate surface area is 92.0 Å². The van der Waals surface area contributed by atoms with Gasteiger partial charge in [-0.15, -0.1) is 12.4 Å². The molecule has 0 fully saturated rings. The molecule has 15 heavy (non-hydrogen) atoms. The number of aromatic amines is 2. The molecule has 0 amide bonds. The average Bonchev–Trinajstić information content (AvgIpc) is 2.50. The van der Waals surface area contributed by atoms with Crippen molar-refractivity contribution in [1.29, 1.82) is 0 Å². The summed E-state index contributed by atoms with van der Waals surface area (Å²) < 4.78 is 4.72. The number of carbonyl (C=O) groups is 1. The third-order valence-electron chi connectivity index (χ3n) is 1.72. The van der Waals surface area contributed by atoms with E-state index in [2.05, 4.69) is 10.2 Å². The molecule has 0 aliphatic rings. The molecule has 0 radical (unpaired) electrons. The third-order valence-corrected chi connectivity index (χ3v) is 1.72. The number of hydrogen-bond acceptors (Lipinski definition) is 4. The highest BCUT2D eigenvalue weighted by molar-refractivity contribution is 5.88. The van der Waals surface area contributed by atoms with Crippen LogP contribution in [-0.2, 0) is 11.2 Å². The van der Waals surface area contributed by atoms with Gasteiger partial charge in [0, 0.05) is 13.0 Å². The zero-order valence-corrected chi connectivity index (χ0v) is 9.02. The largest absolute Gasteiger partial charge is 0.461 e. The van der Waals surface area contributed by atoms with Gasteiger partial charge in [-0.05, 0) is 6.92 Å². The Kier molecular flexibility index (Phi) is 5.73. The Balaban J connectivity index is 0.00000196. The SMILES string of the molecule is CCOC(=O)c1[nH][nH]c(=O)c1CCO.Cl. The summed E-state index contributed by atoms with van der Waals surface area (Å²) in [6.45, 7) is 1.73. The van der Waals surface area contributed by atoms with E-state index in [1.54, 1.807) is 6.92 Å². The molecule has 0 saturated heterocycles. The number of aliphatic hydroxyl groups is 1. The molecule has 3 N–H and O–H groups in total. The highest BCUT2D eigenvalue weighted by atomic mass is 35.5. The number of rotatable bonds is 4. The molecule has 1 heterocycles. The number of esters is 1. The minimum atomic E-state index is -0.589. The topological polar surface area (TPSA) is 95.2 Å². The van der Waals surface area contributed by atoms with Crippen molar-refractivity contribution in [1.82, 2.24) is 10.2 Å². The number of hydrogen-bond donors (Lipinski definition) is 3. The number of H-pyrrole nitrogens is 2. The van der Waals surface area contributed by atoms with Gasteiger partial charge in [0.1, 0.15) is 5.69 Å². The molecule has 0 aliphatic carbocycles. The lowest BCUT2D eigenvalue weighted by Crippen LogP contribution is -2.13. The first-order valence-electron chi connectivity index (χ1n) is 4.28. The van der Waals surface area contributed by atoms with Crippen LogP contribution >= 0.6 is 12.4 Å². The normalized spacial score (nSPS) is 9.47. The van der Waals surface area contributed by atoms with Gasteiger partial charge in [0.05, 0.1) is 12.2 Å². The summed E-state index contributed by atoms with van der Waals surface area (Å²) in [7, 11) is 0. The Morgan fingerprint density at radius 2 is 2.13 bits per heavy atom. The molecule has 0 bridgehead atoms. The van der Waals surface area contributed by atoms with Crippen LogP contribution in [0.3, 0.4) is 0 Å². The van der Waals surface area contributed by atoms with Crippen molar-refractivity contribution >= 4 is 18.4 Å². The van der Waals surface area contributed by atoms with Crippen molar-refractivity contribution in [3.05, 3.63) is 21.6 Å². The second-order valence-corrected chi connectivity index (χ2v) is 2.63. The fraction of sp³-hybridized carbons (Fsp3) is 0.500. The van der Waals surface area contributed by atoms with E-state index in [-0.39, 0.29) is 43.3 Å². The number of halogens is 1. The van der Waals surface area contributed by atoms with E-state index in [1.807, 2.05) is 0 Å².